The minimum Gasteiger partial charge on any atom is -0.271 e. The summed E-state index contributed by atoms with van der Waals surface area (Å²) < 4.78 is 0. The molecule has 3 N–H and O–H groups in total. The Hall–Kier alpha value is -1.71. The zero-order chi connectivity index (χ0) is 13.0. The summed E-state index contributed by atoms with van der Waals surface area (Å²) in [6.07, 6.45) is 1.86. The van der Waals surface area contributed by atoms with Gasteiger partial charge < -0.3 is 0 Å². The highest BCUT2D eigenvalue weighted by molar-refractivity contribution is 5.78. The number of rotatable bonds is 5. The van der Waals surface area contributed by atoms with Crippen LogP contribution in [0.1, 0.15) is 31.5 Å². The van der Waals surface area contributed by atoms with E-state index in [-0.39, 0.29) is 6.04 Å². The fourth-order valence-corrected chi connectivity index (χ4v) is 1.98. The minimum atomic E-state index is 0.0753. The number of para-hydroxylation sites is 1. The van der Waals surface area contributed by atoms with Gasteiger partial charge in [-0.3, -0.25) is 16.3 Å². The lowest BCUT2D eigenvalue weighted by molar-refractivity contribution is 0.505. The summed E-state index contributed by atoms with van der Waals surface area (Å²) in [5, 5.41) is 1.15. The maximum absolute atomic E-state index is 5.62. The van der Waals surface area contributed by atoms with Crippen molar-refractivity contribution >= 4 is 10.9 Å². The van der Waals surface area contributed by atoms with E-state index >= 15 is 0 Å². The van der Waals surface area contributed by atoms with Gasteiger partial charge in [-0.05, 0) is 31.9 Å². The lowest BCUT2D eigenvalue weighted by Crippen LogP contribution is -2.28. The number of hydrazine groups is 1. The molecule has 0 saturated heterocycles. The minimum absolute atomic E-state index is 0.0753. The molecular formula is C15H19N3. The molecule has 1 unspecified atom stereocenters. The molecule has 1 atom stereocenters. The van der Waals surface area contributed by atoms with Crippen molar-refractivity contribution in [3.8, 4) is 0 Å². The van der Waals surface area contributed by atoms with Crippen LogP contribution in [-0.4, -0.2) is 4.98 Å². The molecule has 3 nitrogen and oxygen atoms in total. The highest BCUT2D eigenvalue weighted by Gasteiger charge is 2.11. The average molecular weight is 241 g/mol. The molecule has 0 amide bonds. The fourth-order valence-electron chi connectivity index (χ4n) is 1.98. The van der Waals surface area contributed by atoms with Crippen LogP contribution >= 0.6 is 0 Å². The Morgan fingerprint density at radius 1 is 1.33 bits per heavy atom. The fraction of sp³-hybridized carbons (Fsp3) is 0.267. The number of hydrogen-bond donors (Lipinski definition) is 2. The Kier molecular flexibility index (Phi) is 4.07. The summed E-state index contributed by atoms with van der Waals surface area (Å²) in [6, 6.07) is 12.3. The van der Waals surface area contributed by atoms with Crippen LogP contribution in [0, 0.1) is 0 Å². The first-order valence-corrected chi connectivity index (χ1v) is 6.17. The van der Waals surface area contributed by atoms with Gasteiger partial charge in [0, 0.05) is 5.39 Å². The maximum Gasteiger partial charge on any atom is 0.0706 e. The van der Waals surface area contributed by atoms with Crippen molar-refractivity contribution in [2.45, 2.75) is 25.8 Å². The lowest BCUT2D eigenvalue weighted by atomic mass is 10.0. The van der Waals surface area contributed by atoms with Crippen molar-refractivity contribution in [2.75, 3.05) is 0 Å². The Morgan fingerprint density at radius 2 is 2.11 bits per heavy atom. The standard InChI is InChI=1S/C15H19N3/c1-11(2)7-9-15(18-16)14-10-8-12-5-3-4-6-13(12)17-14/h3-6,8,10,15,18H,1,7,9,16H2,2H3. The van der Waals surface area contributed by atoms with Gasteiger partial charge in [0.1, 0.15) is 0 Å². The molecule has 0 spiro atoms. The van der Waals surface area contributed by atoms with E-state index in [9.17, 15) is 0 Å². The molecule has 0 bridgehead atoms. The van der Waals surface area contributed by atoms with Gasteiger partial charge >= 0.3 is 0 Å². The van der Waals surface area contributed by atoms with Crippen LogP contribution < -0.4 is 11.3 Å². The first-order chi connectivity index (χ1) is 8.70. The van der Waals surface area contributed by atoms with Gasteiger partial charge in [-0.15, -0.1) is 6.58 Å². The molecule has 1 aromatic carbocycles. The number of fused-ring (bicyclic) bond motifs is 1. The zero-order valence-electron chi connectivity index (χ0n) is 10.7. The molecule has 1 aromatic heterocycles. The molecule has 0 aliphatic carbocycles. The molecule has 0 aliphatic heterocycles. The van der Waals surface area contributed by atoms with E-state index < -0.39 is 0 Å². The number of nitrogens with zero attached hydrogens (tertiary/aromatic N) is 1. The molecule has 2 rings (SSSR count). The highest BCUT2D eigenvalue weighted by atomic mass is 15.2. The van der Waals surface area contributed by atoms with E-state index in [2.05, 4.69) is 29.1 Å². The van der Waals surface area contributed by atoms with Crippen LogP contribution in [-0.2, 0) is 0 Å². The van der Waals surface area contributed by atoms with Crippen LogP contribution in [0.3, 0.4) is 0 Å². The van der Waals surface area contributed by atoms with E-state index in [4.69, 9.17) is 5.84 Å². The van der Waals surface area contributed by atoms with E-state index in [1.165, 1.54) is 0 Å². The lowest BCUT2D eigenvalue weighted by Gasteiger charge is -2.15. The Balaban J connectivity index is 2.24. The number of pyridine rings is 1. The van der Waals surface area contributed by atoms with Gasteiger partial charge in [0.15, 0.2) is 0 Å². The highest BCUT2D eigenvalue weighted by Crippen LogP contribution is 2.20. The predicted molar refractivity (Wildman–Crippen MR) is 75.9 cm³/mol. The first kappa shape index (κ1) is 12.7. The summed E-state index contributed by atoms with van der Waals surface area (Å²) in [4.78, 5) is 4.65. The number of nitrogens with two attached hydrogens (primary N) is 1. The van der Waals surface area contributed by atoms with Crippen LogP contribution in [0.2, 0.25) is 0 Å². The molecule has 18 heavy (non-hydrogen) atoms. The average Bonchev–Trinajstić information content (AvgIpc) is 2.39. The molecular weight excluding hydrogens is 222 g/mol. The molecule has 94 valence electrons. The zero-order valence-corrected chi connectivity index (χ0v) is 10.7. The second-order valence-corrected chi connectivity index (χ2v) is 4.64. The SMILES string of the molecule is C=C(C)CCC(NN)c1ccc2ccccc2n1. The van der Waals surface area contributed by atoms with Gasteiger partial charge in [0.05, 0.1) is 17.3 Å². The largest absolute Gasteiger partial charge is 0.271 e. The molecule has 3 heteroatoms. The Labute approximate surface area is 108 Å². The maximum atomic E-state index is 5.62. The van der Waals surface area contributed by atoms with Crippen LogP contribution in [0.4, 0.5) is 0 Å². The topological polar surface area (TPSA) is 50.9 Å². The van der Waals surface area contributed by atoms with Crippen molar-refractivity contribution in [3.05, 3.63) is 54.2 Å². The van der Waals surface area contributed by atoms with Crippen molar-refractivity contribution in [2.24, 2.45) is 5.84 Å². The van der Waals surface area contributed by atoms with E-state index in [0.29, 0.717) is 0 Å². The molecule has 0 radical (unpaired) electrons. The molecule has 0 saturated carbocycles. The summed E-state index contributed by atoms with van der Waals surface area (Å²) in [5.74, 6) is 5.62. The first-order valence-electron chi connectivity index (χ1n) is 6.17. The van der Waals surface area contributed by atoms with Crippen molar-refractivity contribution < 1.29 is 0 Å². The third kappa shape index (κ3) is 2.94. The number of benzene rings is 1. The van der Waals surface area contributed by atoms with Crippen LogP contribution in [0.25, 0.3) is 10.9 Å². The van der Waals surface area contributed by atoms with Crippen molar-refractivity contribution in [1.29, 1.82) is 0 Å². The van der Waals surface area contributed by atoms with E-state index in [1.54, 1.807) is 0 Å². The number of nitrogens with one attached hydrogen (secondary N) is 1. The van der Waals surface area contributed by atoms with Crippen molar-refractivity contribution in [3.63, 3.8) is 0 Å². The normalized spacial score (nSPS) is 12.6. The summed E-state index contributed by atoms with van der Waals surface area (Å²) in [6.45, 7) is 5.95. The monoisotopic (exact) mass is 241 g/mol. The quantitative estimate of drug-likeness (QED) is 0.480. The predicted octanol–water partition coefficient (Wildman–Crippen LogP) is 3.10. The van der Waals surface area contributed by atoms with Crippen LogP contribution in [0.15, 0.2) is 48.6 Å². The number of aromatic nitrogens is 1. The molecule has 2 aromatic rings. The van der Waals surface area contributed by atoms with Gasteiger partial charge in [0.2, 0.25) is 0 Å². The second-order valence-electron chi connectivity index (χ2n) is 4.64. The van der Waals surface area contributed by atoms with Crippen molar-refractivity contribution in [1.82, 2.24) is 10.4 Å². The third-order valence-corrected chi connectivity index (χ3v) is 3.04. The van der Waals surface area contributed by atoms with E-state index in [1.807, 2.05) is 31.2 Å². The molecule has 0 fully saturated rings. The van der Waals surface area contributed by atoms with Gasteiger partial charge in [-0.1, -0.05) is 29.8 Å². The van der Waals surface area contributed by atoms with Gasteiger partial charge in [-0.25, -0.2) is 0 Å². The number of allylic oxidation sites excluding steroid dienone is 1. The van der Waals surface area contributed by atoms with Crippen LogP contribution in [0.5, 0.6) is 0 Å². The number of hydrogen-bond acceptors (Lipinski definition) is 3. The summed E-state index contributed by atoms with van der Waals surface area (Å²) >= 11 is 0. The van der Waals surface area contributed by atoms with Gasteiger partial charge in [0.25, 0.3) is 0 Å². The Bertz CT molecular complexity index is 548. The molecule has 0 aliphatic rings. The van der Waals surface area contributed by atoms with Gasteiger partial charge in [-0.2, -0.15) is 0 Å². The summed E-state index contributed by atoms with van der Waals surface area (Å²) in [7, 11) is 0. The third-order valence-electron chi connectivity index (χ3n) is 3.04. The van der Waals surface area contributed by atoms with E-state index in [0.717, 1.165) is 35.0 Å². The molecule has 1 heterocycles. The summed E-state index contributed by atoms with van der Waals surface area (Å²) in [5.41, 5.74) is 5.99. The smallest absolute Gasteiger partial charge is 0.0706 e. The second kappa shape index (κ2) is 5.76. The Morgan fingerprint density at radius 3 is 2.83 bits per heavy atom.